The average Bonchev–Trinajstić information content (AvgIpc) is 3.44. The summed E-state index contributed by atoms with van der Waals surface area (Å²) in [4.78, 5) is 21.3. The smallest absolute Gasteiger partial charge is 0.271 e. The molecule has 0 unspecified atom stereocenters. The Labute approximate surface area is 228 Å². The Hall–Kier alpha value is -2.99. The van der Waals surface area contributed by atoms with E-state index in [0.717, 1.165) is 16.9 Å². The van der Waals surface area contributed by atoms with Crippen LogP contribution in [-0.4, -0.2) is 73.1 Å². The molecule has 38 heavy (non-hydrogen) atoms. The molecule has 1 aromatic carbocycles. The molecule has 1 aliphatic rings. The van der Waals surface area contributed by atoms with Crippen molar-refractivity contribution in [3.8, 4) is 5.75 Å². The first-order chi connectivity index (χ1) is 18.2. The summed E-state index contributed by atoms with van der Waals surface area (Å²) in [6.07, 6.45) is 3.31. The summed E-state index contributed by atoms with van der Waals surface area (Å²) in [7, 11) is -1.72. The molecule has 0 bridgehead atoms. The molecule has 2 N–H and O–H groups in total. The van der Waals surface area contributed by atoms with Crippen LogP contribution >= 0.6 is 11.3 Å². The second-order valence-electron chi connectivity index (χ2n) is 9.80. The molecule has 3 aromatic rings. The molecule has 3 heterocycles. The van der Waals surface area contributed by atoms with Crippen LogP contribution < -0.4 is 9.46 Å². The maximum atomic E-state index is 13.4. The first-order valence-corrected chi connectivity index (χ1v) is 14.9. The maximum Gasteiger partial charge on any atom is 0.271 e. The van der Waals surface area contributed by atoms with Gasteiger partial charge in [0.05, 0.1) is 19.1 Å². The number of aliphatic hydroxyl groups excluding tert-OH is 1. The van der Waals surface area contributed by atoms with Crippen LogP contribution in [0.5, 0.6) is 5.75 Å². The van der Waals surface area contributed by atoms with Crippen molar-refractivity contribution < 1.29 is 23.1 Å². The highest BCUT2D eigenvalue weighted by Gasteiger charge is 2.31. The second kappa shape index (κ2) is 12.2. The number of fused-ring (bicyclic) bond motifs is 1. The zero-order valence-electron chi connectivity index (χ0n) is 21.8. The number of sulfonamides is 1. The topological polar surface area (TPSA) is 112 Å². The fourth-order valence-corrected chi connectivity index (χ4v) is 6.55. The minimum atomic E-state index is -3.74. The van der Waals surface area contributed by atoms with Crippen molar-refractivity contribution in [2.75, 3.05) is 31.5 Å². The predicted molar refractivity (Wildman–Crippen MR) is 148 cm³/mol. The van der Waals surface area contributed by atoms with Crippen LogP contribution in [0.3, 0.4) is 0 Å². The maximum absolute atomic E-state index is 13.4. The van der Waals surface area contributed by atoms with Gasteiger partial charge in [0.25, 0.3) is 10.0 Å². The molecule has 3 atom stereocenters. The Morgan fingerprint density at radius 3 is 2.71 bits per heavy atom. The van der Waals surface area contributed by atoms with Crippen LogP contribution in [0, 0.1) is 5.92 Å². The third-order valence-corrected chi connectivity index (χ3v) is 9.40. The second-order valence-corrected chi connectivity index (χ2v) is 12.7. The van der Waals surface area contributed by atoms with Gasteiger partial charge in [-0.3, -0.25) is 19.4 Å². The van der Waals surface area contributed by atoms with E-state index in [0.29, 0.717) is 36.6 Å². The van der Waals surface area contributed by atoms with Gasteiger partial charge in [-0.25, -0.2) is 8.42 Å². The van der Waals surface area contributed by atoms with E-state index >= 15 is 0 Å². The average molecular weight is 559 g/mol. The summed E-state index contributed by atoms with van der Waals surface area (Å²) >= 11 is 1.13. The number of nitrogens with zero attached hydrogens (tertiary/aromatic N) is 3. The molecule has 1 aliphatic heterocycles. The van der Waals surface area contributed by atoms with Crippen molar-refractivity contribution in [2.24, 2.45) is 5.92 Å². The highest BCUT2D eigenvalue weighted by molar-refractivity contribution is 7.94. The molecular weight excluding hydrogens is 524 g/mol. The summed E-state index contributed by atoms with van der Waals surface area (Å²) in [6.45, 7) is 5.45. The number of nitrogens with one attached hydrogen (secondary N) is 1. The number of carbonyl (C=O) groups excluding carboxylic acids is 1. The number of likely N-dealkylation sites (N-methyl/N-ethyl adjacent to an activating group) is 1. The fourth-order valence-electron chi connectivity index (χ4n) is 4.50. The van der Waals surface area contributed by atoms with Gasteiger partial charge in [0.15, 0.2) is 0 Å². The quantitative estimate of drug-likeness (QED) is 0.415. The molecule has 0 aliphatic carbocycles. The highest BCUT2D eigenvalue weighted by Crippen LogP contribution is 2.30. The Morgan fingerprint density at radius 1 is 1.26 bits per heavy atom. The summed E-state index contributed by atoms with van der Waals surface area (Å²) in [5, 5.41) is 11.5. The van der Waals surface area contributed by atoms with Gasteiger partial charge in [0.2, 0.25) is 5.91 Å². The number of carbonyl (C=O) groups is 1. The SMILES string of the molecule is C[C@@H]1CN([C@@H](C)CO)C(=O)Cc2cc(NS(=O)(=O)c3cccs3)ccc2O[C@@H]1CN(C)Cc1ccncc1. The third kappa shape index (κ3) is 6.90. The lowest BCUT2D eigenvalue weighted by molar-refractivity contribution is -0.134. The Balaban J connectivity index is 1.63. The van der Waals surface area contributed by atoms with E-state index in [1.807, 2.05) is 33.0 Å². The largest absolute Gasteiger partial charge is 0.488 e. The van der Waals surface area contributed by atoms with E-state index in [1.165, 1.54) is 0 Å². The number of thiophene rings is 1. The van der Waals surface area contributed by atoms with Gasteiger partial charge in [0.1, 0.15) is 16.1 Å². The number of rotatable bonds is 9. The summed E-state index contributed by atoms with van der Waals surface area (Å²) in [5.74, 6) is 0.369. The molecule has 9 nitrogen and oxygen atoms in total. The third-order valence-electron chi connectivity index (χ3n) is 6.62. The molecule has 0 saturated heterocycles. The van der Waals surface area contributed by atoms with Crippen LogP contribution in [0.15, 0.2) is 64.4 Å². The number of aromatic nitrogens is 1. The molecule has 0 fully saturated rings. The van der Waals surface area contributed by atoms with Crippen LogP contribution in [0.25, 0.3) is 0 Å². The number of amides is 1. The minimum absolute atomic E-state index is 0.0283. The van der Waals surface area contributed by atoms with Gasteiger partial charge in [-0.2, -0.15) is 0 Å². The summed E-state index contributed by atoms with van der Waals surface area (Å²) < 4.78 is 34.9. The standard InChI is InChI=1S/C27H34N4O5S2/c1-19-15-31(20(2)18-32)26(33)14-22-13-23(29-38(34,35)27-5-4-12-37-27)6-7-24(22)36-25(19)17-30(3)16-21-8-10-28-11-9-21/h4-13,19-20,25,29,32H,14-18H2,1-3H3/t19-,20+,25-/m1/s1. The molecule has 1 amide bonds. The first-order valence-electron chi connectivity index (χ1n) is 12.5. The van der Waals surface area contributed by atoms with E-state index in [-0.39, 0.29) is 41.2 Å². The van der Waals surface area contributed by atoms with Gasteiger partial charge in [-0.1, -0.05) is 13.0 Å². The molecule has 0 radical (unpaired) electrons. The molecule has 0 spiro atoms. The molecule has 0 saturated carbocycles. The normalized spacial score (nSPS) is 19.2. The first kappa shape index (κ1) is 28.0. The van der Waals surface area contributed by atoms with Crippen molar-refractivity contribution in [3.63, 3.8) is 0 Å². The molecule has 11 heteroatoms. The number of hydrogen-bond acceptors (Lipinski definition) is 8. The van der Waals surface area contributed by atoms with E-state index in [2.05, 4.69) is 14.6 Å². The van der Waals surface area contributed by atoms with Crippen LogP contribution in [0.1, 0.15) is 25.0 Å². The van der Waals surface area contributed by atoms with Crippen molar-refractivity contribution in [3.05, 3.63) is 71.4 Å². The lowest BCUT2D eigenvalue weighted by atomic mass is 10.0. The number of aliphatic hydroxyl groups is 1. The lowest BCUT2D eigenvalue weighted by Crippen LogP contribution is -2.47. The van der Waals surface area contributed by atoms with Gasteiger partial charge >= 0.3 is 0 Å². The fraction of sp³-hybridized carbons (Fsp3) is 0.407. The van der Waals surface area contributed by atoms with Gasteiger partial charge in [-0.15, -0.1) is 11.3 Å². The molecular formula is C27H34N4O5S2. The number of pyridine rings is 1. The van der Waals surface area contributed by atoms with Crippen molar-refractivity contribution in [2.45, 2.75) is 43.2 Å². The van der Waals surface area contributed by atoms with Crippen molar-refractivity contribution in [1.29, 1.82) is 0 Å². The summed E-state index contributed by atoms with van der Waals surface area (Å²) in [5.41, 5.74) is 2.08. The van der Waals surface area contributed by atoms with Gasteiger partial charge < -0.3 is 14.7 Å². The Morgan fingerprint density at radius 2 is 2.03 bits per heavy atom. The van der Waals surface area contributed by atoms with E-state index in [4.69, 9.17) is 4.74 Å². The van der Waals surface area contributed by atoms with Gasteiger partial charge in [-0.05, 0) is 61.3 Å². The van der Waals surface area contributed by atoms with E-state index in [1.54, 1.807) is 53.0 Å². The zero-order valence-corrected chi connectivity index (χ0v) is 23.4. The lowest BCUT2D eigenvalue weighted by Gasteiger charge is -2.34. The monoisotopic (exact) mass is 558 g/mol. The molecule has 4 rings (SSSR count). The Kier molecular flexibility index (Phi) is 9.03. The van der Waals surface area contributed by atoms with Crippen LogP contribution in [0.2, 0.25) is 0 Å². The predicted octanol–water partition coefficient (Wildman–Crippen LogP) is 3.22. The number of anilines is 1. The Bertz CT molecular complexity index is 1320. The summed E-state index contributed by atoms with van der Waals surface area (Å²) in [6, 6.07) is 11.9. The van der Waals surface area contributed by atoms with Crippen molar-refractivity contribution in [1.82, 2.24) is 14.8 Å². The van der Waals surface area contributed by atoms with Crippen LogP contribution in [-0.2, 0) is 27.8 Å². The van der Waals surface area contributed by atoms with Crippen LogP contribution in [0.4, 0.5) is 5.69 Å². The number of ether oxygens (including phenoxy) is 1. The number of benzene rings is 1. The highest BCUT2D eigenvalue weighted by atomic mass is 32.2. The minimum Gasteiger partial charge on any atom is -0.488 e. The van der Waals surface area contributed by atoms with Crippen molar-refractivity contribution >= 4 is 33.0 Å². The molecule has 204 valence electrons. The molecule has 2 aromatic heterocycles. The van der Waals surface area contributed by atoms with E-state index < -0.39 is 10.0 Å². The zero-order chi connectivity index (χ0) is 27.3. The van der Waals surface area contributed by atoms with Gasteiger partial charge in [0, 0.05) is 49.2 Å². The van der Waals surface area contributed by atoms with E-state index in [9.17, 15) is 18.3 Å². The number of hydrogen-bond donors (Lipinski definition) is 2.